The fourth-order valence-electron chi connectivity index (χ4n) is 3.18. The third-order valence-electron chi connectivity index (χ3n) is 4.67. The van der Waals surface area contributed by atoms with Gasteiger partial charge in [-0.2, -0.15) is 0 Å². The molecule has 0 spiro atoms. The number of rotatable bonds is 6. The number of nitrogens with one attached hydrogen (secondary N) is 1. The Labute approximate surface area is 152 Å². The second kappa shape index (κ2) is 6.81. The normalized spacial score (nSPS) is 20.3. The number of anilines is 1. The number of pyridine rings is 1. The summed E-state index contributed by atoms with van der Waals surface area (Å²) in [7, 11) is -2.30. The van der Waals surface area contributed by atoms with Gasteiger partial charge in [0.05, 0.1) is 7.11 Å². The molecule has 2 fully saturated rings. The van der Waals surface area contributed by atoms with E-state index in [1.165, 1.54) is 32.2 Å². The van der Waals surface area contributed by atoms with Crippen LogP contribution in [0.3, 0.4) is 0 Å². The summed E-state index contributed by atoms with van der Waals surface area (Å²) < 4.78 is 33.2. The number of hydrogen-bond acceptors (Lipinski definition) is 7. The van der Waals surface area contributed by atoms with Crippen LogP contribution in [0.15, 0.2) is 35.5 Å². The van der Waals surface area contributed by atoms with Crippen LogP contribution in [0, 0.1) is 0 Å². The van der Waals surface area contributed by atoms with Crippen molar-refractivity contribution >= 4 is 16.0 Å². The minimum atomic E-state index is -3.71. The predicted octanol–water partition coefficient (Wildman–Crippen LogP) is 1.31. The molecule has 0 radical (unpaired) electrons. The maximum atomic E-state index is 12.7. The average molecular weight is 375 g/mol. The molecule has 0 bridgehead atoms. The molecule has 138 valence electrons. The van der Waals surface area contributed by atoms with E-state index >= 15 is 0 Å². The molecular formula is C17H21N5O3S. The first kappa shape index (κ1) is 17.2. The Balaban J connectivity index is 1.46. The molecule has 2 aromatic rings. The lowest BCUT2D eigenvalue weighted by Gasteiger charge is -2.18. The molecule has 8 nitrogen and oxygen atoms in total. The summed E-state index contributed by atoms with van der Waals surface area (Å²) in [6, 6.07) is 4.82. The van der Waals surface area contributed by atoms with Crippen LogP contribution in [0.2, 0.25) is 0 Å². The molecule has 2 aromatic heterocycles. The Morgan fingerprint density at radius 2 is 2.04 bits per heavy atom. The van der Waals surface area contributed by atoms with Gasteiger partial charge in [-0.15, -0.1) is 0 Å². The summed E-state index contributed by atoms with van der Waals surface area (Å²) in [5, 5.41) is 0. The molecule has 1 aliphatic heterocycles. The Bertz CT molecular complexity index is 901. The highest BCUT2D eigenvalue weighted by Crippen LogP contribution is 2.39. The molecule has 0 amide bonds. The molecule has 1 saturated heterocycles. The van der Waals surface area contributed by atoms with E-state index in [4.69, 9.17) is 4.74 Å². The fraction of sp³-hybridized carbons (Fsp3) is 0.471. The van der Waals surface area contributed by atoms with Crippen molar-refractivity contribution in [3.63, 3.8) is 0 Å². The van der Waals surface area contributed by atoms with Crippen molar-refractivity contribution in [2.75, 3.05) is 25.1 Å². The molecule has 1 unspecified atom stereocenters. The van der Waals surface area contributed by atoms with Crippen molar-refractivity contribution in [2.24, 2.45) is 0 Å². The summed E-state index contributed by atoms with van der Waals surface area (Å²) >= 11 is 0. The topological polar surface area (TPSA) is 97.3 Å². The first-order valence-electron chi connectivity index (χ1n) is 8.66. The van der Waals surface area contributed by atoms with Gasteiger partial charge >= 0.3 is 0 Å². The van der Waals surface area contributed by atoms with Gasteiger partial charge in [0, 0.05) is 43.1 Å². The molecule has 2 aliphatic rings. The van der Waals surface area contributed by atoms with Crippen LogP contribution in [0.4, 0.5) is 5.95 Å². The largest absolute Gasteiger partial charge is 0.480 e. The molecule has 4 rings (SSSR count). The molecule has 1 aliphatic carbocycles. The Morgan fingerprint density at radius 3 is 2.81 bits per heavy atom. The lowest BCUT2D eigenvalue weighted by atomic mass is 10.3. The lowest BCUT2D eigenvalue weighted by molar-refractivity contribution is 0.384. The minimum Gasteiger partial charge on any atom is -0.480 e. The number of sulfonamides is 1. The molecule has 3 heterocycles. The first-order chi connectivity index (χ1) is 12.6. The van der Waals surface area contributed by atoms with Crippen LogP contribution in [0.1, 0.15) is 30.9 Å². The summed E-state index contributed by atoms with van der Waals surface area (Å²) in [6.45, 7) is 1.25. The highest BCUT2D eigenvalue weighted by molar-refractivity contribution is 7.89. The molecule has 1 atom stereocenters. The summed E-state index contributed by atoms with van der Waals surface area (Å²) in [6.07, 6.45) is 6.35. The quantitative estimate of drug-likeness (QED) is 0.813. The first-order valence-corrected chi connectivity index (χ1v) is 10.1. The lowest BCUT2D eigenvalue weighted by Crippen LogP contribution is -2.37. The van der Waals surface area contributed by atoms with E-state index < -0.39 is 10.0 Å². The van der Waals surface area contributed by atoms with Crippen LogP contribution in [-0.2, 0) is 10.0 Å². The fourth-order valence-corrected chi connectivity index (χ4v) is 4.56. The van der Waals surface area contributed by atoms with E-state index in [-0.39, 0.29) is 16.8 Å². The average Bonchev–Trinajstić information content (AvgIpc) is 3.41. The number of aromatic nitrogens is 3. The number of methoxy groups -OCH3 is 1. The zero-order valence-corrected chi connectivity index (χ0v) is 15.3. The predicted molar refractivity (Wildman–Crippen MR) is 95.7 cm³/mol. The zero-order valence-electron chi connectivity index (χ0n) is 14.5. The van der Waals surface area contributed by atoms with E-state index in [0.29, 0.717) is 31.4 Å². The van der Waals surface area contributed by atoms with Gasteiger partial charge in [-0.1, -0.05) is 0 Å². The van der Waals surface area contributed by atoms with Gasteiger partial charge in [0.15, 0.2) is 0 Å². The van der Waals surface area contributed by atoms with Crippen LogP contribution in [-0.4, -0.2) is 49.6 Å². The van der Waals surface area contributed by atoms with Gasteiger partial charge in [0.25, 0.3) is 0 Å². The Hall–Kier alpha value is -2.26. The summed E-state index contributed by atoms with van der Waals surface area (Å²) in [5.41, 5.74) is 1.08. The van der Waals surface area contributed by atoms with Crippen LogP contribution < -0.4 is 14.4 Å². The van der Waals surface area contributed by atoms with Crippen LogP contribution in [0.25, 0.3) is 0 Å². The summed E-state index contributed by atoms with van der Waals surface area (Å²) in [5.74, 6) is 1.33. The maximum absolute atomic E-state index is 12.7. The van der Waals surface area contributed by atoms with Crippen molar-refractivity contribution in [3.05, 3.63) is 36.3 Å². The second-order valence-corrected chi connectivity index (χ2v) is 8.30. The molecular weight excluding hydrogens is 354 g/mol. The smallest absolute Gasteiger partial charge is 0.246 e. The van der Waals surface area contributed by atoms with Crippen molar-refractivity contribution in [2.45, 2.75) is 36.1 Å². The van der Waals surface area contributed by atoms with Gasteiger partial charge in [0.1, 0.15) is 4.90 Å². The van der Waals surface area contributed by atoms with Crippen molar-refractivity contribution in [3.8, 4) is 5.88 Å². The van der Waals surface area contributed by atoms with E-state index in [9.17, 15) is 8.42 Å². The third kappa shape index (κ3) is 3.49. The maximum Gasteiger partial charge on any atom is 0.246 e. The van der Waals surface area contributed by atoms with E-state index in [1.807, 2.05) is 11.0 Å². The van der Waals surface area contributed by atoms with Gasteiger partial charge < -0.3 is 9.64 Å². The van der Waals surface area contributed by atoms with Crippen LogP contribution >= 0.6 is 0 Å². The highest BCUT2D eigenvalue weighted by atomic mass is 32.2. The molecule has 1 N–H and O–H groups in total. The second-order valence-electron chi connectivity index (χ2n) is 6.62. The standard InChI is InChI=1S/C17H21N5O3S/c1-25-16-15(3-2-8-18-16)26(23,24)21-13-7-10-22(11-13)17-19-9-6-14(20-17)12-4-5-12/h2-3,6,8-9,12-13,21H,4-5,7,10-11H2,1H3. The Kier molecular flexibility index (Phi) is 4.49. The van der Waals surface area contributed by atoms with Crippen molar-refractivity contribution in [1.82, 2.24) is 19.7 Å². The van der Waals surface area contributed by atoms with E-state index in [1.54, 1.807) is 12.3 Å². The monoisotopic (exact) mass is 375 g/mol. The molecule has 0 aromatic carbocycles. The molecule has 1 saturated carbocycles. The SMILES string of the molecule is COc1ncccc1S(=O)(=O)NC1CCN(c2nccc(C3CC3)n2)C1. The van der Waals surface area contributed by atoms with Gasteiger partial charge in [-0.25, -0.2) is 28.1 Å². The number of ether oxygens (including phenoxy) is 1. The van der Waals surface area contributed by atoms with Crippen molar-refractivity contribution < 1.29 is 13.2 Å². The minimum absolute atomic E-state index is 0.0490. The molecule has 9 heteroatoms. The molecule has 26 heavy (non-hydrogen) atoms. The van der Waals surface area contributed by atoms with Crippen molar-refractivity contribution in [1.29, 1.82) is 0 Å². The third-order valence-corrected chi connectivity index (χ3v) is 6.21. The Morgan fingerprint density at radius 1 is 1.19 bits per heavy atom. The van der Waals surface area contributed by atoms with E-state index in [0.717, 1.165) is 5.69 Å². The van der Waals surface area contributed by atoms with Gasteiger partial charge in [0.2, 0.25) is 21.9 Å². The number of hydrogen-bond donors (Lipinski definition) is 1. The zero-order chi connectivity index (χ0) is 18.1. The van der Waals surface area contributed by atoms with Crippen LogP contribution in [0.5, 0.6) is 5.88 Å². The highest BCUT2D eigenvalue weighted by Gasteiger charge is 2.31. The van der Waals surface area contributed by atoms with Gasteiger partial charge in [-0.3, -0.25) is 0 Å². The van der Waals surface area contributed by atoms with E-state index in [2.05, 4.69) is 19.7 Å². The van der Waals surface area contributed by atoms with Gasteiger partial charge in [-0.05, 0) is 37.5 Å². The summed E-state index contributed by atoms with van der Waals surface area (Å²) in [4.78, 5) is 15.0. The number of nitrogens with zero attached hydrogens (tertiary/aromatic N) is 4.